The summed E-state index contributed by atoms with van der Waals surface area (Å²) < 4.78 is 23.8. The minimum Gasteiger partial charge on any atom is -0.386 e. The maximum atomic E-state index is 15.0. The summed E-state index contributed by atoms with van der Waals surface area (Å²) >= 11 is 0. The van der Waals surface area contributed by atoms with Gasteiger partial charge in [0.1, 0.15) is 30.0 Å². The number of aliphatic hydroxyl groups excluding tert-OH is 1. The predicted molar refractivity (Wildman–Crippen MR) is 350 cm³/mol. The number of likely N-dealkylation sites (tertiary alicyclic amines) is 1. The number of nitrogens with two attached hydrogens (primary N) is 1. The molecule has 3 aliphatic rings. The molecule has 2 fully saturated rings. The fourth-order valence-electron chi connectivity index (χ4n) is 12.6. The molecular formula is C67H109N11O16. The summed E-state index contributed by atoms with van der Waals surface area (Å²) in [4.78, 5) is 157. The number of nitrogens with one attached hydrogen (secondary N) is 5. The Balaban J connectivity index is 1.44. The molecule has 94 heavy (non-hydrogen) atoms. The van der Waals surface area contributed by atoms with E-state index in [0.717, 1.165) is 4.90 Å². The fourth-order valence-corrected chi connectivity index (χ4v) is 12.6. The van der Waals surface area contributed by atoms with Crippen LogP contribution in [0.25, 0.3) is 0 Å². The fraction of sp³-hybridized carbons (Fsp3) is 0.716. The van der Waals surface area contributed by atoms with Crippen molar-refractivity contribution in [3.05, 3.63) is 48.0 Å². The quantitative estimate of drug-likeness (QED) is 0.0374. The molecule has 0 saturated carbocycles. The summed E-state index contributed by atoms with van der Waals surface area (Å²) in [6.07, 6.45) is 2.26. The number of urea groups is 1. The first-order valence-electron chi connectivity index (χ1n) is 33.3. The minimum absolute atomic E-state index is 0.0145. The van der Waals surface area contributed by atoms with Gasteiger partial charge in [-0.15, -0.1) is 0 Å². The monoisotopic (exact) mass is 1320 g/mol. The third kappa shape index (κ3) is 23.2. The molecule has 8 N–H and O–H groups in total. The lowest BCUT2D eigenvalue weighted by Gasteiger charge is -2.41. The van der Waals surface area contributed by atoms with Gasteiger partial charge >= 0.3 is 6.03 Å². The first-order chi connectivity index (χ1) is 44.5. The maximum Gasteiger partial charge on any atom is 0.312 e. The maximum absolute atomic E-state index is 15.0. The molecule has 1 aromatic rings. The lowest BCUT2D eigenvalue weighted by atomic mass is 9.89. The van der Waals surface area contributed by atoms with Crippen molar-refractivity contribution >= 4 is 65.0 Å². The Labute approximate surface area is 555 Å². The average molecular weight is 1320 g/mol. The normalized spacial score (nSPS) is 19.4. The van der Waals surface area contributed by atoms with E-state index in [1.54, 1.807) is 84.4 Å². The van der Waals surface area contributed by atoms with Crippen molar-refractivity contribution in [1.82, 2.24) is 51.1 Å². The Morgan fingerprint density at radius 2 is 1.35 bits per heavy atom. The summed E-state index contributed by atoms with van der Waals surface area (Å²) in [6.45, 7) is 19.4. The van der Waals surface area contributed by atoms with Crippen molar-refractivity contribution in [1.29, 1.82) is 0 Å². The molecule has 1 aromatic carbocycles. The lowest BCUT2D eigenvalue weighted by molar-refractivity contribution is -0.149. The molecule has 0 aliphatic carbocycles. The number of Topliss-reactive ketones (excluding diaryl/α,β-unsaturated/α-hetero) is 1. The number of benzene rings is 1. The molecule has 0 unspecified atom stereocenters. The van der Waals surface area contributed by atoms with Crippen LogP contribution >= 0.6 is 0 Å². The molecular weight excluding hydrogens is 1210 g/mol. The smallest absolute Gasteiger partial charge is 0.312 e. The van der Waals surface area contributed by atoms with E-state index in [1.165, 1.54) is 43.2 Å². The van der Waals surface area contributed by atoms with Crippen LogP contribution in [0, 0.1) is 35.5 Å². The second-order valence-electron chi connectivity index (χ2n) is 26.2. The first kappa shape index (κ1) is 79.5. The summed E-state index contributed by atoms with van der Waals surface area (Å²) in [5.74, 6) is -7.42. The Morgan fingerprint density at radius 3 is 1.90 bits per heavy atom. The van der Waals surface area contributed by atoms with Crippen LogP contribution in [0.4, 0.5) is 4.79 Å². The van der Waals surface area contributed by atoms with Crippen LogP contribution in [0.15, 0.2) is 42.5 Å². The van der Waals surface area contributed by atoms with Gasteiger partial charge in [0.2, 0.25) is 41.4 Å². The van der Waals surface area contributed by atoms with E-state index >= 15 is 0 Å². The highest BCUT2D eigenvalue weighted by Gasteiger charge is 2.45. The molecule has 12 atom stereocenters. The number of primary amides is 1. The van der Waals surface area contributed by atoms with E-state index in [9.17, 15) is 57.8 Å². The number of nitrogens with zero attached hydrogens (tertiary/aromatic N) is 5. The van der Waals surface area contributed by atoms with Crippen LogP contribution < -0.4 is 32.3 Å². The minimum atomic E-state index is -1.27. The van der Waals surface area contributed by atoms with Gasteiger partial charge in [0.15, 0.2) is 0 Å². The number of ketones is 1. The number of ether oxygens (including phenoxy) is 4. The van der Waals surface area contributed by atoms with E-state index in [2.05, 4.69) is 26.6 Å². The second kappa shape index (κ2) is 39.2. The zero-order valence-electron chi connectivity index (χ0n) is 57.9. The van der Waals surface area contributed by atoms with Gasteiger partial charge in [0.25, 0.3) is 11.8 Å². The number of carbonyl (C=O) groups is 11. The van der Waals surface area contributed by atoms with E-state index in [0.29, 0.717) is 50.9 Å². The van der Waals surface area contributed by atoms with Crippen molar-refractivity contribution < 1.29 is 76.8 Å². The van der Waals surface area contributed by atoms with Gasteiger partial charge in [-0.1, -0.05) is 99.1 Å². The van der Waals surface area contributed by atoms with Crippen molar-refractivity contribution in [3.63, 3.8) is 0 Å². The van der Waals surface area contributed by atoms with Gasteiger partial charge in [-0.3, -0.25) is 57.7 Å². The van der Waals surface area contributed by atoms with E-state index in [1.807, 2.05) is 32.0 Å². The van der Waals surface area contributed by atoms with Crippen molar-refractivity contribution in [2.45, 2.75) is 181 Å². The number of amides is 11. The van der Waals surface area contributed by atoms with Crippen LogP contribution in [0.2, 0.25) is 0 Å². The number of aliphatic hydroxyl groups is 1. The average Bonchev–Trinajstić information content (AvgIpc) is 1.28. The highest BCUT2D eigenvalue weighted by molar-refractivity contribution is 6.12. The molecule has 2 saturated heterocycles. The number of imide groups is 1. The van der Waals surface area contributed by atoms with Gasteiger partial charge in [-0.2, -0.15) is 0 Å². The highest BCUT2D eigenvalue weighted by atomic mass is 16.5. The van der Waals surface area contributed by atoms with Gasteiger partial charge in [0.05, 0.1) is 87.7 Å². The predicted octanol–water partition coefficient (Wildman–Crippen LogP) is 2.08. The number of carbonyl (C=O) groups excluding carboxylic acids is 11. The molecule has 0 spiro atoms. The summed E-state index contributed by atoms with van der Waals surface area (Å²) in [7, 11) is 6.05. The van der Waals surface area contributed by atoms with E-state index in [4.69, 9.17) is 24.7 Å². The molecule has 3 heterocycles. The Morgan fingerprint density at radius 1 is 0.734 bits per heavy atom. The molecule has 11 amide bonds. The first-order valence-corrected chi connectivity index (χ1v) is 33.3. The Bertz CT molecular complexity index is 2690. The van der Waals surface area contributed by atoms with Crippen molar-refractivity contribution in [3.8, 4) is 0 Å². The Hall–Kier alpha value is -6.91. The SMILES string of the molecule is CC[C@H](C)[C@@H]([C@@H](CC(=O)N1CCC[C@@H]1[C@H](OC)[C@@H](C)C(=O)N[C@H](C)[C@@H](O)c1ccccc1)OC)N(C)C(=O)[C@@H](NC(=O)[C@H](C(C)C)N(C)C(=O)[C@H](CCCNC(N)=O)NC(=O)[C@@H](NC(=O)CN1CCOCC(C(=O)CCCN2C(=O)C=CC2=O)COCC1)C(C)C)C(C)C. The molecule has 0 aromatic heterocycles. The molecule has 528 valence electrons. The number of hydrogen-bond acceptors (Lipinski definition) is 17. The Kier molecular flexibility index (Phi) is 33.2. The van der Waals surface area contributed by atoms with Crippen LogP contribution in [0.1, 0.15) is 132 Å². The largest absolute Gasteiger partial charge is 0.386 e. The van der Waals surface area contributed by atoms with Crippen LogP contribution in [-0.2, 0) is 66.9 Å². The third-order valence-corrected chi connectivity index (χ3v) is 18.3. The molecule has 27 heteroatoms. The number of hydrogen-bond donors (Lipinski definition) is 7. The van der Waals surface area contributed by atoms with Gasteiger partial charge in [-0.05, 0) is 68.3 Å². The van der Waals surface area contributed by atoms with E-state index < -0.39 is 138 Å². The van der Waals surface area contributed by atoms with Gasteiger partial charge in [0, 0.05) is 79.6 Å². The van der Waals surface area contributed by atoms with Crippen LogP contribution in [0.3, 0.4) is 0 Å². The second-order valence-corrected chi connectivity index (χ2v) is 26.2. The van der Waals surface area contributed by atoms with Crippen LogP contribution in [-0.4, -0.2) is 243 Å². The zero-order chi connectivity index (χ0) is 70.1. The number of likely N-dealkylation sites (N-methyl/N-ethyl adjacent to an activating group) is 2. The van der Waals surface area contributed by atoms with Crippen LogP contribution in [0.5, 0.6) is 0 Å². The van der Waals surface area contributed by atoms with Gasteiger partial charge in [-0.25, -0.2) is 4.79 Å². The molecule has 0 bridgehead atoms. The number of methoxy groups -OCH3 is 2. The summed E-state index contributed by atoms with van der Waals surface area (Å²) in [5.41, 5.74) is 6.01. The highest BCUT2D eigenvalue weighted by Crippen LogP contribution is 2.31. The topological polar surface area (TPSA) is 347 Å². The van der Waals surface area contributed by atoms with Gasteiger partial charge < -0.3 is 71.1 Å². The standard InChI is InChI=1S/C67H109N11O16/c1-15-43(8)59(51(91-13)36-55(83)77-30-20-25-49(77)61(92-14)44(9)62(85)70-45(10)60(84)46-22-17-16-18-23-46)75(12)66(89)57(41(4)5)73-64(87)58(42(6)7)74(11)65(88)48(24-19-29-69-67(68)90)71-63(86)56(40(2)3)72-52(80)37-76-32-34-93-38-47(39-94-35-33-76)50(79)26-21-31-78-53(81)27-28-54(78)82/h16-18,22-23,27-28,40-45,47-49,51,56-61,84H,15,19-21,24-26,29-39H2,1-14H3,(H,70,85)(H,71,86)(H,72,80)(H,73,87)(H3,68,69,90)/t43-,44+,45+,48-,49+,51+,56-,57-,58-,59-,60+,61+/m0/s1. The molecule has 0 radical (unpaired) electrons. The third-order valence-electron chi connectivity index (χ3n) is 18.3. The summed E-state index contributed by atoms with van der Waals surface area (Å²) in [6, 6.07) is 1.81. The lowest BCUT2D eigenvalue weighted by Crippen LogP contribution is -2.62. The molecule has 3 aliphatic heterocycles. The van der Waals surface area contributed by atoms with Crippen molar-refractivity contribution in [2.75, 3.05) is 94.0 Å². The zero-order valence-corrected chi connectivity index (χ0v) is 57.9. The summed E-state index contributed by atoms with van der Waals surface area (Å²) in [5, 5.41) is 25.0. The van der Waals surface area contributed by atoms with Crippen molar-refractivity contribution in [2.24, 2.45) is 41.2 Å². The number of rotatable bonds is 36. The molecule has 4 rings (SSSR count). The van der Waals surface area contributed by atoms with E-state index in [-0.39, 0.29) is 95.3 Å². The molecule has 27 nitrogen and oxygen atoms in total.